The molecule has 1 heterocycles. The maximum Gasteiger partial charge on any atom is 0.412 e. The molecule has 2 rings (SSSR count). The molecule has 0 unspecified atom stereocenters. The van der Waals surface area contributed by atoms with Gasteiger partial charge in [0.1, 0.15) is 6.61 Å². The summed E-state index contributed by atoms with van der Waals surface area (Å²) in [6.07, 6.45) is -0.717. The molecule has 7 heteroatoms. The Morgan fingerprint density at radius 2 is 2.00 bits per heavy atom. The van der Waals surface area contributed by atoms with Gasteiger partial charge in [0, 0.05) is 6.54 Å². The molecule has 1 aromatic carbocycles. The number of carboxylic acids is 1. The fraction of sp³-hybridized carbons (Fsp3) is 0.267. The van der Waals surface area contributed by atoms with Gasteiger partial charge in [0.05, 0.1) is 11.4 Å². The Hall–Kier alpha value is -2.83. The largest absolute Gasteiger partial charge is 0.476 e. The topological polar surface area (TPSA) is 93.5 Å². The van der Waals surface area contributed by atoms with E-state index < -0.39 is 12.1 Å². The van der Waals surface area contributed by atoms with Gasteiger partial charge in [-0.15, -0.1) is 0 Å². The first kappa shape index (κ1) is 15.6. The van der Waals surface area contributed by atoms with Crippen LogP contribution in [0.1, 0.15) is 28.7 Å². The molecule has 22 heavy (non-hydrogen) atoms. The van der Waals surface area contributed by atoms with Crippen molar-refractivity contribution in [3.05, 3.63) is 47.3 Å². The van der Waals surface area contributed by atoms with E-state index in [-0.39, 0.29) is 18.0 Å². The Morgan fingerprint density at radius 1 is 1.32 bits per heavy atom. The van der Waals surface area contributed by atoms with Crippen molar-refractivity contribution in [2.24, 2.45) is 0 Å². The van der Waals surface area contributed by atoms with Crippen LogP contribution in [0, 0.1) is 6.92 Å². The minimum Gasteiger partial charge on any atom is -0.476 e. The second-order valence-electron chi connectivity index (χ2n) is 4.62. The van der Waals surface area contributed by atoms with Crippen molar-refractivity contribution in [2.45, 2.75) is 27.0 Å². The Labute approximate surface area is 127 Å². The van der Waals surface area contributed by atoms with Crippen LogP contribution < -0.4 is 5.32 Å². The predicted molar refractivity (Wildman–Crippen MR) is 79.8 cm³/mol. The summed E-state index contributed by atoms with van der Waals surface area (Å²) in [5, 5.41) is 15.8. The first-order chi connectivity index (χ1) is 10.5. The molecule has 0 aliphatic heterocycles. The minimum atomic E-state index is -1.15. The number of aryl methyl sites for hydroxylation is 2. The van der Waals surface area contributed by atoms with Crippen LogP contribution in [0.5, 0.6) is 0 Å². The number of nitrogens with zero attached hydrogens (tertiary/aromatic N) is 2. The Kier molecular flexibility index (Phi) is 4.77. The summed E-state index contributed by atoms with van der Waals surface area (Å²) in [4.78, 5) is 23.2. The molecule has 0 saturated heterocycles. The number of aromatic carboxylic acids is 1. The van der Waals surface area contributed by atoms with Crippen molar-refractivity contribution in [3.8, 4) is 0 Å². The fourth-order valence-corrected chi connectivity index (χ4v) is 2.04. The maximum absolute atomic E-state index is 11.8. The third kappa shape index (κ3) is 3.43. The molecule has 2 N–H and O–H groups in total. The van der Waals surface area contributed by atoms with Crippen LogP contribution in [-0.4, -0.2) is 26.9 Å². The number of ether oxygens (including phenoxy) is 1. The lowest BCUT2D eigenvalue weighted by molar-refractivity contribution is 0.0684. The molecule has 0 atom stereocenters. The smallest absolute Gasteiger partial charge is 0.412 e. The van der Waals surface area contributed by atoms with Crippen molar-refractivity contribution in [3.63, 3.8) is 0 Å². The zero-order chi connectivity index (χ0) is 16.1. The molecule has 0 aliphatic rings. The molecule has 7 nitrogen and oxygen atoms in total. The second kappa shape index (κ2) is 6.75. The molecule has 2 aromatic rings. The minimum absolute atomic E-state index is 0.0586. The Balaban J connectivity index is 2.08. The summed E-state index contributed by atoms with van der Waals surface area (Å²) in [7, 11) is 0. The third-order valence-corrected chi connectivity index (χ3v) is 3.07. The van der Waals surface area contributed by atoms with E-state index in [9.17, 15) is 14.7 Å². The highest BCUT2D eigenvalue weighted by molar-refractivity contribution is 5.98. The number of hydrogen-bond donors (Lipinski definition) is 2. The van der Waals surface area contributed by atoms with Gasteiger partial charge >= 0.3 is 12.1 Å². The standard InChI is InChI=1S/C15H17N3O4/c1-3-18-13(14(19)20)12(10(2)17-18)16-15(21)22-9-11-7-5-4-6-8-11/h4-8H,3,9H2,1-2H3,(H,16,21)(H,19,20). The van der Waals surface area contributed by atoms with E-state index in [0.717, 1.165) is 5.56 Å². The van der Waals surface area contributed by atoms with Crippen LogP contribution in [0.15, 0.2) is 30.3 Å². The summed E-state index contributed by atoms with van der Waals surface area (Å²) in [6, 6.07) is 9.21. The first-order valence-electron chi connectivity index (χ1n) is 6.81. The highest BCUT2D eigenvalue weighted by Gasteiger charge is 2.22. The summed E-state index contributed by atoms with van der Waals surface area (Å²) in [6.45, 7) is 3.90. The second-order valence-corrected chi connectivity index (χ2v) is 4.62. The van der Waals surface area contributed by atoms with Gasteiger partial charge in [-0.1, -0.05) is 30.3 Å². The number of nitrogens with one attached hydrogen (secondary N) is 1. The number of anilines is 1. The van der Waals surface area contributed by atoms with Crippen LogP contribution in [0.25, 0.3) is 0 Å². The number of carboxylic acid groups (broad SMARTS) is 1. The van der Waals surface area contributed by atoms with Gasteiger partial charge in [-0.2, -0.15) is 5.10 Å². The number of hydrogen-bond acceptors (Lipinski definition) is 4. The number of carbonyl (C=O) groups is 2. The van der Waals surface area contributed by atoms with Crippen LogP contribution in [0.4, 0.5) is 10.5 Å². The van der Waals surface area contributed by atoms with Crippen LogP contribution >= 0.6 is 0 Å². The van der Waals surface area contributed by atoms with Gasteiger partial charge in [0.25, 0.3) is 0 Å². The van der Waals surface area contributed by atoms with E-state index in [1.165, 1.54) is 4.68 Å². The summed E-state index contributed by atoms with van der Waals surface area (Å²) < 4.78 is 6.41. The van der Waals surface area contributed by atoms with Gasteiger partial charge in [-0.25, -0.2) is 9.59 Å². The predicted octanol–water partition coefficient (Wildman–Crippen LogP) is 2.66. The van der Waals surface area contributed by atoms with E-state index in [4.69, 9.17) is 4.74 Å². The van der Waals surface area contributed by atoms with Crippen LogP contribution in [0.3, 0.4) is 0 Å². The van der Waals surface area contributed by atoms with Crippen molar-refractivity contribution in [1.82, 2.24) is 9.78 Å². The average Bonchev–Trinajstić information content (AvgIpc) is 2.82. The summed E-state index contributed by atoms with van der Waals surface area (Å²) >= 11 is 0. The first-order valence-corrected chi connectivity index (χ1v) is 6.81. The lowest BCUT2D eigenvalue weighted by Crippen LogP contribution is -2.17. The molecular formula is C15H17N3O4. The van der Waals surface area contributed by atoms with Gasteiger partial charge in [-0.05, 0) is 19.4 Å². The van der Waals surface area contributed by atoms with Gasteiger partial charge < -0.3 is 9.84 Å². The Bertz CT molecular complexity index is 680. The van der Waals surface area contributed by atoms with Gasteiger partial charge in [0.2, 0.25) is 0 Å². The molecule has 1 amide bonds. The Morgan fingerprint density at radius 3 is 2.59 bits per heavy atom. The van der Waals surface area contributed by atoms with Crippen molar-refractivity contribution in [1.29, 1.82) is 0 Å². The number of rotatable bonds is 5. The maximum atomic E-state index is 11.8. The van der Waals surface area contributed by atoms with Crippen molar-refractivity contribution < 1.29 is 19.4 Å². The van der Waals surface area contributed by atoms with Crippen LogP contribution in [0.2, 0.25) is 0 Å². The van der Waals surface area contributed by atoms with Gasteiger partial charge in [-0.3, -0.25) is 10.00 Å². The van der Waals surface area contributed by atoms with Gasteiger partial charge in [0.15, 0.2) is 5.69 Å². The fourth-order valence-electron chi connectivity index (χ4n) is 2.04. The monoisotopic (exact) mass is 303 g/mol. The summed E-state index contributed by atoms with van der Waals surface area (Å²) in [5.41, 5.74) is 1.37. The number of benzene rings is 1. The van der Waals surface area contributed by atoms with Crippen LogP contribution in [-0.2, 0) is 17.9 Å². The molecular weight excluding hydrogens is 286 g/mol. The number of amides is 1. The molecule has 1 aromatic heterocycles. The summed E-state index contributed by atoms with van der Waals surface area (Å²) in [5.74, 6) is -1.15. The zero-order valence-electron chi connectivity index (χ0n) is 12.4. The SMILES string of the molecule is CCn1nc(C)c(NC(=O)OCc2ccccc2)c1C(=O)O. The van der Waals surface area contributed by atoms with Crippen molar-refractivity contribution >= 4 is 17.7 Å². The highest BCUT2D eigenvalue weighted by atomic mass is 16.5. The quantitative estimate of drug-likeness (QED) is 0.885. The molecule has 0 fully saturated rings. The molecule has 0 aliphatic carbocycles. The van der Waals surface area contributed by atoms with Crippen molar-refractivity contribution in [2.75, 3.05) is 5.32 Å². The molecule has 116 valence electrons. The lowest BCUT2D eigenvalue weighted by Gasteiger charge is -2.08. The molecule has 0 saturated carbocycles. The molecule has 0 radical (unpaired) electrons. The number of aromatic nitrogens is 2. The van der Waals surface area contributed by atoms with E-state index in [1.54, 1.807) is 13.8 Å². The average molecular weight is 303 g/mol. The van der Waals surface area contributed by atoms with E-state index >= 15 is 0 Å². The van der Waals surface area contributed by atoms with E-state index in [0.29, 0.717) is 12.2 Å². The zero-order valence-corrected chi connectivity index (χ0v) is 12.4. The number of carbonyl (C=O) groups excluding carboxylic acids is 1. The highest BCUT2D eigenvalue weighted by Crippen LogP contribution is 2.21. The normalized spacial score (nSPS) is 10.3. The lowest BCUT2D eigenvalue weighted by atomic mass is 10.2. The van der Waals surface area contributed by atoms with E-state index in [1.807, 2.05) is 30.3 Å². The van der Waals surface area contributed by atoms with E-state index in [2.05, 4.69) is 10.4 Å². The third-order valence-electron chi connectivity index (χ3n) is 3.07. The molecule has 0 spiro atoms. The molecule has 0 bridgehead atoms.